The maximum Gasteiger partial charge on any atom is 0.193 e. The van der Waals surface area contributed by atoms with Crippen molar-refractivity contribution in [1.29, 1.82) is 0 Å². The molecule has 0 saturated carbocycles. The minimum atomic E-state index is -0.230. The molecular formula is C12H16O3. The first-order chi connectivity index (χ1) is 7.26. The molecule has 0 aromatic carbocycles. The first kappa shape index (κ1) is 10.4. The van der Waals surface area contributed by atoms with Gasteiger partial charge < -0.3 is 9.52 Å². The van der Waals surface area contributed by atoms with Crippen molar-refractivity contribution < 1.29 is 9.52 Å². The van der Waals surface area contributed by atoms with Crippen LogP contribution in [0.5, 0.6) is 0 Å². The molecule has 15 heavy (non-hydrogen) atoms. The Morgan fingerprint density at radius 2 is 2.40 bits per heavy atom. The second-order valence-electron chi connectivity index (χ2n) is 4.17. The lowest BCUT2D eigenvalue weighted by Gasteiger charge is -2.21. The normalized spacial score (nSPS) is 20.0. The maximum atomic E-state index is 11.9. The number of aryl methyl sites for hydroxylation is 1. The highest BCUT2D eigenvalue weighted by Gasteiger charge is 2.22. The van der Waals surface area contributed by atoms with Crippen molar-refractivity contribution in [1.82, 2.24) is 0 Å². The van der Waals surface area contributed by atoms with E-state index in [1.807, 2.05) is 0 Å². The van der Waals surface area contributed by atoms with Gasteiger partial charge in [0.2, 0.25) is 0 Å². The van der Waals surface area contributed by atoms with Crippen LogP contribution in [0.15, 0.2) is 15.5 Å². The molecule has 3 heteroatoms. The van der Waals surface area contributed by atoms with Gasteiger partial charge in [0, 0.05) is 12.0 Å². The molecule has 0 bridgehead atoms. The van der Waals surface area contributed by atoms with E-state index in [0.29, 0.717) is 11.5 Å². The number of aliphatic hydroxyl groups is 1. The van der Waals surface area contributed by atoms with Crippen LogP contribution in [0.3, 0.4) is 0 Å². The SMILES string of the molecule is CCC1CCc2occ(CO)c(=O)c2C1. The first-order valence-corrected chi connectivity index (χ1v) is 5.49. The third-order valence-electron chi connectivity index (χ3n) is 3.27. The lowest BCUT2D eigenvalue weighted by molar-refractivity contribution is 0.273. The predicted molar refractivity (Wildman–Crippen MR) is 56.7 cm³/mol. The molecule has 3 nitrogen and oxygen atoms in total. The molecule has 0 radical (unpaired) electrons. The molecule has 0 fully saturated rings. The van der Waals surface area contributed by atoms with Crippen molar-refractivity contribution in [3.63, 3.8) is 0 Å². The van der Waals surface area contributed by atoms with Crippen LogP contribution >= 0.6 is 0 Å². The van der Waals surface area contributed by atoms with Crippen molar-refractivity contribution in [3.05, 3.63) is 33.4 Å². The summed E-state index contributed by atoms with van der Waals surface area (Å²) in [6.45, 7) is 1.92. The topological polar surface area (TPSA) is 50.4 Å². The summed E-state index contributed by atoms with van der Waals surface area (Å²) in [4.78, 5) is 11.9. The van der Waals surface area contributed by atoms with Gasteiger partial charge in [0.25, 0.3) is 0 Å². The average molecular weight is 208 g/mol. The molecule has 1 heterocycles. The third kappa shape index (κ3) is 1.84. The van der Waals surface area contributed by atoms with E-state index in [9.17, 15) is 4.79 Å². The molecule has 1 N–H and O–H groups in total. The van der Waals surface area contributed by atoms with Crippen molar-refractivity contribution in [3.8, 4) is 0 Å². The molecule has 0 amide bonds. The molecule has 1 aromatic rings. The highest BCUT2D eigenvalue weighted by atomic mass is 16.3. The van der Waals surface area contributed by atoms with Crippen LogP contribution < -0.4 is 5.43 Å². The summed E-state index contributed by atoms with van der Waals surface area (Å²) < 4.78 is 5.39. The van der Waals surface area contributed by atoms with Gasteiger partial charge >= 0.3 is 0 Å². The average Bonchev–Trinajstić information content (AvgIpc) is 2.29. The summed E-state index contributed by atoms with van der Waals surface area (Å²) in [5.41, 5.74) is 1.15. The van der Waals surface area contributed by atoms with E-state index < -0.39 is 0 Å². The minimum Gasteiger partial charge on any atom is -0.468 e. The number of hydrogen-bond acceptors (Lipinski definition) is 3. The van der Waals surface area contributed by atoms with Crippen LogP contribution in [-0.4, -0.2) is 5.11 Å². The summed E-state index contributed by atoms with van der Waals surface area (Å²) >= 11 is 0. The maximum absolute atomic E-state index is 11.9. The van der Waals surface area contributed by atoms with Gasteiger partial charge in [-0.15, -0.1) is 0 Å². The number of fused-ring (bicyclic) bond motifs is 1. The lowest BCUT2D eigenvalue weighted by Crippen LogP contribution is -2.24. The highest BCUT2D eigenvalue weighted by Crippen LogP contribution is 2.25. The summed E-state index contributed by atoms with van der Waals surface area (Å²) in [7, 11) is 0. The van der Waals surface area contributed by atoms with E-state index in [-0.39, 0.29) is 12.0 Å². The van der Waals surface area contributed by atoms with Gasteiger partial charge in [0.1, 0.15) is 5.76 Å². The summed E-state index contributed by atoms with van der Waals surface area (Å²) in [6, 6.07) is 0. The molecule has 82 valence electrons. The van der Waals surface area contributed by atoms with Crippen molar-refractivity contribution >= 4 is 0 Å². The lowest BCUT2D eigenvalue weighted by atomic mass is 9.85. The van der Waals surface area contributed by atoms with Gasteiger partial charge in [-0.05, 0) is 18.8 Å². The minimum absolute atomic E-state index is 0.0168. The van der Waals surface area contributed by atoms with Crippen LogP contribution in [0, 0.1) is 5.92 Å². The summed E-state index contributed by atoms with van der Waals surface area (Å²) in [6.07, 6.45) is 5.26. The Balaban J connectivity index is 2.42. The zero-order chi connectivity index (χ0) is 10.8. The quantitative estimate of drug-likeness (QED) is 0.804. The molecule has 1 aliphatic rings. The fraction of sp³-hybridized carbons (Fsp3) is 0.583. The van der Waals surface area contributed by atoms with Crippen molar-refractivity contribution in [2.45, 2.75) is 39.2 Å². The van der Waals surface area contributed by atoms with E-state index in [1.54, 1.807) is 0 Å². The molecule has 2 rings (SSSR count). The molecular weight excluding hydrogens is 192 g/mol. The molecule has 0 saturated heterocycles. The van der Waals surface area contributed by atoms with E-state index >= 15 is 0 Å². The molecule has 1 atom stereocenters. The zero-order valence-electron chi connectivity index (χ0n) is 8.95. The molecule has 0 spiro atoms. The fourth-order valence-electron chi connectivity index (χ4n) is 2.19. The van der Waals surface area contributed by atoms with Crippen LogP contribution in [0.4, 0.5) is 0 Å². The van der Waals surface area contributed by atoms with Crippen LogP contribution in [0.2, 0.25) is 0 Å². The Morgan fingerprint density at radius 3 is 3.07 bits per heavy atom. The van der Waals surface area contributed by atoms with Crippen molar-refractivity contribution in [2.75, 3.05) is 0 Å². The van der Waals surface area contributed by atoms with Gasteiger partial charge in [-0.2, -0.15) is 0 Å². The number of rotatable bonds is 2. The van der Waals surface area contributed by atoms with Gasteiger partial charge in [0.05, 0.1) is 18.4 Å². The highest BCUT2D eigenvalue weighted by molar-refractivity contribution is 5.25. The van der Waals surface area contributed by atoms with E-state index in [1.165, 1.54) is 6.26 Å². The van der Waals surface area contributed by atoms with Gasteiger partial charge in [0.15, 0.2) is 5.43 Å². The van der Waals surface area contributed by atoms with Crippen molar-refractivity contribution in [2.24, 2.45) is 5.92 Å². The molecule has 0 aliphatic heterocycles. The van der Waals surface area contributed by atoms with E-state index in [0.717, 1.165) is 37.0 Å². The molecule has 1 aliphatic carbocycles. The third-order valence-corrected chi connectivity index (χ3v) is 3.27. The number of aliphatic hydroxyl groups excluding tert-OH is 1. The Bertz CT molecular complexity index is 406. The second kappa shape index (κ2) is 4.19. The Morgan fingerprint density at radius 1 is 1.60 bits per heavy atom. The second-order valence-corrected chi connectivity index (χ2v) is 4.17. The van der Waals surface area contributed by atoms with E-state index in [2.05, 4.69) is 6.92 Å². The van der Waals surface area contributed by atoms with Gasteiger partial charge in [-0.3, -0.25) is 4.79 Å². The Kier molecular flexibility index (Phi) is 2.91. The monoisotopic (exact) mass is 208 g/mol. The summed E-state index contributed by atoms with van der Waals surface area (Å²) in [5.74, 6) is 1.41. The summed E-state index contributed by atoms with van der Waals surface area (Å²) in [5, 5.41) is 8.98. The van der Waals surface area contributed by atoms with E-state index in [4.69, 9.17) is 9.52 Å². The van der Waals surface area contributed by atoms with Crippen LogP contribution in [-0.2, 0) is 19.4 Å². The largest absolute Gasteiger partial charge is 0.468 e. The number of hydrogen-bond donors (Lipinski definition) is 1. The molecule has 1 aromatic heterocycles. The standard InChI is InChI=1S/C12H16O3/c1-2-8-3-4-11-10(5-8)12(14)9(6-13)7-15-11/h7-8,13H,2-6H2,1H3. The first-order valence-electron chi connectivity index (χ1n) is 5.49. The van der Waals surface area contributed by atoms with Crippen LogP contribution in [0.1, 0.15) is 36.7 Å². The Labute approximate surface area is 88.7 Å². The van der Waals surface area contributed by atoms with Crippen LogP contribution in [0.25, 0.3) is 0 Å². The zero-order valence-corrected chi connectivity index (χ0v) is 8.95. The smallest absolute Gasteiger partial charge is 0.193 e. The van der Waals surface area contributed by atoms with Gasteiger partial charge in [-0.25, -0.2) is 0 Å². The molecule has 1 unspecified atom stereocenters. The predicted octanol–water partition coefficient (Wildman–Crippen LogP) is 1.65. The Hall–Kier alpha value is -1.09. The fourth-order valence-corrected chi connectivity index (χ4v) is 2.19. The van der Waals surface area contributed by atoms with Gasteiger partial charge in [-0.1, -0.05) is 13.3 Å².